The van der Waals surface area contributed by atoms with Gasteiger partial charge in [-0.25, -0.2) is 4.79 Å². The number of aromatic nitrogens is 1. The molecule has 0 aliphatic carbocycles. The minimum atomic E-state index is -0.287. The first kappa shape index (κ1) is 10.4. The zero-order valence-corrected chi connectivity index (χ0v) is 10.4. The predicted molar refractivity (Wildman–Crippen MR) is 76.6 cm³/mol. The minimum Gasteiger partial charge on any atom is -0.422 e. The van der Waals surface area contributed by atoms with Crippen molar-refractivity contribution in [3.63, 3.8) is 0 Å². The first-order valence-electron chi connectivity index (χ1n) is 6.18. The maximum atomic E-state index is 12.2. The third kappa shape index (κ3) is 1.35. The molecule has 0 fully saturated rings. The highest BCUT2D eigenvalue weighted by Crippen LogP contribution is 2.28. The summed E-state index contributed by atoms with van der Waals surface area (Å²) in [6.07, 6.45) is 0. The molecular weight excluding hydrogens is 238 g/mol. The molecule has 0 radical (unpaired) electrons. The largest absolute Gasteiger partial charge is 0.422 e. The number of aromatic amines is 1. The zero-order chi connectivity index (χ0) is 13.0. The van der Waals surface area contributed by atoms with E-state index in [2.05, 4.69) is 4.98 Å². The van der Waals surface area contributed by atoms with Crippen LogP contribution in [0.2, 0.25) is 0 Å². The molecule has 4 aromatic rings. The quantitative estimate of drug-likeness (QED) is 0.482. The fraction of sp³-hybridized carbons (Fsp3) is 0.0625. The molecule has 2 heterocycles. The number of para-hydroxylation sites is 1. The number of fused-ring (bicyclic) bond motifs is 5. The van der Waals surface area contributed by atoms with Crippen molar-refractivity contribution in [2.75, 3.05) is 0 Å². The molecule has 0 aliphatic rings. The fourth-order valence-electron chi connectivity index (χ4n) is 2.63. The van der Waals surface area contributed by atoms with Crippen molar-refractivity contribution >= 4 is 32.8 Å². The molecule has 2 aromatic carbocycles. The SMILES string of the molecule is Cc1ccc2[nH]c3c4ccccc4oc(=O)c3c2c1. The Morgan fingerprint density at radius 2 is 1.89 bits per heavy atom. The summed E-state index contributed by atoms with van der Waals surface area (Å²) in [6.45, 7) is 2.01. The highest BCUT2D eigenvalue weighted by atomic mass is 16.4. The molecule has 1 N–H and O–H groups in total. The number of nitrogens with one attached hydrogen (secondary N) is 1. The second-order valence-corrected chi connectivity index (χ2v) is 4.81. The van der Waals surface area contributed by atoms with Gasteiger partial charge in [0.2, 0.25) is 0 Å². The van der Waals surface area contributed by atoms with Crippen LogP contribution in [0.1, 0.15) is 5.56 Å². The van der Waals surface area contributed by atoms with Gasteiger partial charge in [-0.15, -0.1) is 0 Å². The van der Waals surface area contributed by atoms with Crippen LogP contribution >= 0.6 is 0 Å². The Bertz CT molecular complexity index is 992. The Morgan fingerprint density at radius 1 is 1.05 bits per heavy atom. The van der Waals surface area contributed by atoms with Crippen LogP contribution in [-0.2, 0) is 0 Å². The molecule has 0 aliphatic heterocycles. The van der Waals surface area contributed by atoms with Crippen molar-refractivity contribution in [3.8, 4) is 0 Å². The fourth-order valence-corrected chi connectivity index (χ4v) is 2.63. The summed E-state index contributed by atoms with van der Waals surface area (Å²) in [5, 5.41) is 2.50. The second kappa shape index (κ2) is 3.48. The van der Waals surface area contributed by atoms with E-state index in [9.17, 15) is 4.79 Å². The lowest BCUT2D eigenvalue weighted by atomic mass is 10.1. The Kier molecular flexibility index (Phi) is 1.90. The molecule has 0 saturated carbocycles. The van der Waals surface area contributed by atoms with E-state index in [0.29, 0.717) is 11.0 Å². The van der Waals surface area contributed by atoms with Crippen molar-refractivity contribution in [2.24, 2.45) is 0 Å². The van der Waals surface area contributed by atoms with E-state index in [-0.39, 0.29) is 5.63 Å². The van der Waals surface area contributed by atoms with Gasteiger partial charge in [0.15, 0.2) is 0 Å². The van der Waals surface area contributed by atoms with Gasteiger partial charge >= 0.3 is 5.63 Å². The van der Waals surface area contributed by atoms with Crippen LogP contribution < -0.4 is 5.63 Å². The standard InChI is InChI=1S/C16H11NO2/c1-9-6-7-12-11(8-9)14-15(17-12)10-4-2-3-5-13(10)19-16(14)18/h2-8,17H,1H3. The van der Waals surface area contributed by atoms with Gasteiger partial charge in [0.1, 0.15) is 5.58 Å². The average Bonchev–Trinajstić information content (AvgIpc) is 2.78. The lowest BCUT2D eigenvalue weighted by Crippen LogP contribution is -1.98. The van der Waals surface area contributed by atoms with Crippen LogP contribution in [0.5, 0.6) is 0 Å². The zero-order valence-electron chi connectivity index (χ0n) is 10.4. The monoisotopic (exact) mass is 249 g/mol. The second-order valence-electron chi connectivity index (χ2n) is 4.81. The van der Waals surface area contributed by atoms with Crippen LogP contribution in [0.4, 0.5) is 0 Å². The summed E-state index contributed by atoms with van der Waals surface area (Å²) >= 11 is 0. The Balaban J connectivity index is 2.38. The molecule has 3 heteroatoms. The molecule has 0 spiro atoms. The van der Waals surface area contributed by atoms with E-state index in [0.717, 1.165) is 27.4 Å². The average molecular weight is 249 g/mol. The third-order valence-corrected chi connectivity index (χ3v) is 3.52. The molecule has 0 saturated heterocycles. The summed E-state index contributed by atoms with van der Waals surface area (Å²) in [4.78, 5) is 15.5. The van der Waals surface area contributed by atoms with Crippen LogP contribution in [0, 0.1) is 6.92 Å². The number of aryl methyl sites for hydroxylation is 1. The van der Waals surface area contributed by atoms with E-state index in [4.69, 9.17) is 4.42 Å². The van der Waals surface area contributed by atoms with Gasteiger partial charge in [0.05, 0.1) is 10.9 Å². The first-order valence-corrected chi connectivity index (χ1v) is 6.18. The molecule has 0 unspecified atom stereocenters. The normalized spacial score (nSPS) is 11.6. The van der Waals surface area contributed by atoms with Crippen LogP contribution in [-0.4, -0.2) is 4.98 Å². The first-order chi connectivity index (χ1) is 9.24. The van der Waals surface area contributed by atoms with E-state index in [1.165, 1.54) is 0 Å². The number of H-pyrrole nitrogens is 1. The predicted octanol–water partition coefficient (Wildman–Crippen LogP) is 3.74. The van der Waals surface area contributed by atoms with Gasteiger partial charge in [-0.05, 0) is 31.2 Å². The van der Waals surface area contributed by atoms with Gasteiger partial charge < -0.3 is 9.40 Å². The molecule has 92 valence electrons. The lowest BCUT2D eigenvalue weighted by molar-refractivity contribution is 0.570. The Labute approximate surface area is 108 Å². The summed E-state index contributed by atoms with van der Waals surface area (Å²) < 4.78 is 5.41. The molecule has 19 heavy (non-hydrogen) atoms. The molecule has 0 amide bonds. The number of rotatable bonds is 0. The van der Waals surface area contributed by atoms with Crippen LogP contribution in [0.25, 0.3) is 32.8 Å². The van der Waals surface area contributed by atoms with Crippen LogP contribution in [0.15, 0.2) is 51.7 Å². The molecule has 3 nitrogen and oxygen atoms in total. The highest BCUT2D eigenvalue weighted by Gasteiger charge is 2.12. The summed E-state index contributed by atoms with van der Waals surface area (Å²) in [5.74, 6) is 0. The molecule has 4 rings (SSSR count). The van der Waals surface area contributed by atoms with E-state index >= 15 is 0 Å². The topological polar surface area (TPSA) is 46.0 Å². The maximum Gasteiger partial charge on any atom is 0.346 e. The lowest BCUT2D eigenvalue weighted by Gasteiger charge is -1.97. The van der Waals surface area contributed by atoms with Gasteiger partial charge in [-0.2, -0.15) is 0 Å². The number of hydrogen-bond acceptors (Lipinski definition) is 2. The van der Waals surface area contributed by atoms with Crippen molar-refractivity contribution < 1.29 is 4.42 Å². The van der Waals surface area contributed by atoms with E-state index in [1.54, 1.807) is 0 Å². The Hall–Kier alpha value is -2.55. The molecule has 2 aromatic heterocycles. The van der Waals surface area contributed by atoms with Gasteiger partial charge in [-0.3, -0.25) is 0 Å². The van der Waals surface area contributed by atoms with Crippen molar-refractivity contribution in [1.82, 2.24) is 4.98 Å². The van der Waals surface area contributed by atoms with Gasteiger partial charge in [0, 0.05) is 16.3 Å². The summed E-state index contributed by atoms with van der Waals surface area (Å²) in [6, 6.07) is 13.6. The van der Waals surface area contributed by atoms with Gasteiger partial charge in [0.25, 0.3) is 0 Å². The Morgan fingerprint density at radius 3 is 2.79 bits per heavy atom. The summed E-state index contributed by atoms with van der Waals surface area (Å²) in [5.41, 5.74) is 3.27. The third-order valence-electron chi connectivity index (χ3n) is 3.52. The highest BCUT2D eigenvalue weighted by molar-refractivity contribution is 6.15. The van der Waals surface area contributed by atoms with Crippen molar-refractivity contribution in [2.45, 2.75) is 6.92 Å². The van der Waals surface area contributed by atoms with Crippen molar-refractivity contribution in [1.29, 1.82) is 0 Å². The minimum absolute atomic E-state index is 0.287. The van der Waals surface area contributed by atoms with E-state index in [1.807, 2.05) is 49.4 Å². The van der Waals surface area contributed by atoms with Gasteiger partial charge in [-0.1, -0.05) is 23.8 Å². The van der Waals surface area contributed by atoms with E-state index < -0.39 is 0 Å². The van der Waals surface area contributed by atoms with Crippen LogP contribution in [0.3, 0.4) is 0 Å². The number of hydrogen-bond donors (Lipinski definition) is 1. The number of benzene rings is 2. The maximum absolute atomic E-state index is 12.2. The molecule has 0 bridgehead atoms. The van der Waals surface area contributed by atoms with Crippen molar-refractivity contribution in [3.05, 3.63) is 58.4 Å². The smallest absolute Gasteiger partial charge is 0.346 e. The molecule has 0 atom stereocenters. The summed E-state index contributed by atoms with van der Waals surface area (Å²) in [7, 11) is 0. The molecular formula is C16H11NO2.